The van der Waals surface area contributed by atoms with E-state index in [1.165, 1.54) is 17.7 Å². The van der Waals surface area contributed by atoms with E-state index in [1.54, 1.807) is 0 Å². The van der Waals surface area contributed by atoms with Crippen LogP contribution in [0.5, 0.6) is 0 Å². The number of halogens is 2. The van der Waals surface area contributed by atoms with Crippen LogP contribution in [-0.2, 0) is 13.0 Å². The fourth-order valence-electron chi connectivity index (χ4n) is 3.84. The molecular weight excluding hydrogens is 322 g/mol. The van der Waals surface area contributed by atoms with Crippen LogP contribution in [0.4, 0.5) is 8.78 Å². The molecule has 25 heavy (non-hydrogen) atoms. The number of imidazole rings is 1. The molecule has 6 heteroatoms. The zero-order valence-electron chi connectivity index (χ0n) is 14.6. The summed E-state index contributed by atoms with van der Waals surface area (Å²) >= 11 is 0. The van der Waals surface area contributed by atoms with E-state index in [-0.39, 0.29) is 6.54 Å². The molecule has 0 amide bonds. The summed E-state index contributed by atoms with van der Waals surface area (Å²) in [6, 6.07) is 6.39. The normalized spacial score (nSPS) is 22.1. The number of benzene rings is 1. The third kappa shape index (κ3) is 3.45. The molecule has 3 heterocycles. The predicted octanol–water partition coefficient (Wildman–Crippen LogP) is 3.38. The van der Waals surface area contributed by atoms with Crippen LogP contribution in [0.15, 0.2) is 23.2 Å². The van der Waals surface area contributed by atoms with Gasteiger partial charge >= 0.3 is 0 Å². The van der Waals surface area contributed by atoms with Crippen molar-refractivity contribution >= 4 is 16.7 Å². The Hall–Kier alpha value is -1.82. The molecule has 0 saturated carbocycles. The molecule has 1 aromatic heterocycles. The summed E-state index contributed by atoms with van der Waals surface area (Å²) in [5, 5.41) is 0. The molecule has 134 valence electrons. The summed E-state index contributed by atoms with van der Waals surface area (Å²) in [6.07, 6.45) is 0.665. The zero-order valence-corrected chi connectivity index (χ0v) is 14.6. The Kier molecular flexibility index (Phi) is 4.54. The summed E-state index contributed by atoms with van der Waals surface area (Å²) in [6.45, 7) is 5.02. The van der Waals surface area contributed by atoms with Crippen molar-refractivity contribution in [2.24, 2.45) is 10.9 Å². The first kappa shape index (κ1) is 16.6. The molecule has 0 aliphatic carbocycles. The minimum absolute atomic E-state index is 0.148. The van der Waals surface area contributed by atoms with Crippen LogP contribution in [0.2, 0.25) is 0 Å². The summed E-state index contributed by atoms with van der Waals surface area (Å²) in [5.41, 5.74) is 4.46. The van der Waals surface area contributed by atoms with E-state index in [1.807, 2.05) is 4.90 Å². The van der Waals surface area contributed by atoms with Gasteiger partial charge in [-0.3, -0.25) is 9.89 Å². The number of aliphatic imine (C=N–C) groups is 1. The van der Waals surface area contributed by atoms with Crippen LogP contribution >= 0.6 is 0 Å². The Morgan fingerprint density at radius 2 is 2.08 bits per heavy atom. The van der Waals surface area contributed by atoms with Gasteiger partial charge in [0.25, 0.3) is 6.43 Å². The molecule has 4 rings (SSSR count). The molecule has 2 aromatic rings. The molecule has 0 bridgehead atoms. The second kappa shape index (κ2) is 6.83. The van der Waals surface area contributed by atoms with Crippen molar-refractivity contribution in [3.8, 4) is 0 Å². The lowest BCUT2D eigenvalue weighted by Gasteiger charge is -2.18. The van der Waals surface area contributed by atoms with Crippen molar-refractivity contribution in [2.45, 2.75) is 39.2 Å². The third-order valence-electron chi connectivity index (χ3n) is 5.32. The molecule has 4 nitrogen and oxygen atoms in total. The molecule has 0 spiro atoms. The van der Waals surface area contributed by atoms with Crippen LogP contribution in [0, 0.1) is 5.92 Å². The molecule has 1 aromatic carbocycles. The maximum atomic E-state index is 12.6. The highest BCUT2D eigenvalue weighted by molar-refractivity contribution is 6.03. The molecule has 0 radical (unpaired) electrons. The molecule has 2 aliphatic rings. The molecule has 1 atom stereocenters. The number of hydrogen-bond donors (Lipinski definition) is 0. The molecule has 2 aliphatic heterocycles. The van der Waals surface area contributed by atoms with E-state index in [9.17, 15) is 8.78 Å². The first-order chi connectivity index (χ1) is 12.1. The van der Waals surface area contributed by atoms with Crippen LogP contribution in [-0.4, -0.2) is 52.8 Å². The van der Waals surface area contributed by atoms with Gasteiger partial charge in [0.05, 0.1) is 17.6 Å². The van der Waals surface area contributed by atoms with Gasteiger partial charge in [0.1, 0.15) is 5.82 Å². The van der Waals surface area contributed by atoms with Crippen molar-refractivity contribution < 1.29 is 8.78 Å². The maximum absolute atomic E-state index is 12.6. The van der Waals surface area contributed by atoms with E-state index >= 15 is 0 Å². The second-order valence-electron chi connectivity index (χ2n) is 7.26. The molecule has 0 unspecified atom stereocenters. The second-order valence-corrected chi connectivity index (χ2v) is 7.26. The number of hydrogen-bond acceptors (Lipinski definition) is 3. The van der Waals surface area contributed by atoms with Gasteiger partial charge in [-0.25, -0.2) is 13.8 Å². The van der Waals surface area contributed by atoms with E-state index < -0.39 is 6.43 Å². The number of rotatable bonds is 3. The van der Waals surface area contributed by atoms with Gasteiger partial charge < -0.3 is 4.57 Å². The smallest absolute Gasteiger partial charge is 0.251 e. The topological polar surface area (TPSA) is 33.4 Å². The SMILES string of the molecule is C[C@H]1CCC(c2ccc3c(c2)nc2n3CCN(CC(F)F)CC2)=NC1. The summed E-state index contributed by atoms with van der Waals surface area (Å²) in [7, 11) is 0. The molecule has 0 N–H and O–H groups in total. The predicted molar refractivity (Wildman–Crippen MR) is 95.7 cm³/mol. The maximum Gasteiger partial charge on any atom is 0.251 e. The van der Waals surface area contributed by atoms with Crippen molar-refractivity contribution in [3.63, 3.8) is 0 Å². The van der Waals surface area contributed by atoms with Crippen LogP contribution < -0.4 is 0 Å². The number of nitrogens with zero attached hydrogens (tertiary/aromatic N) is 4. The van der Waals surface area contributed by atoms with Gasteiger partial charge in [-0.1, -0.05) is 13.0 Å². The summed E-state index contributed by atoms with van der Waals surface area (Å²) in [5.74, 6) is 1.68. The summed E-state index contributed by atoms with van der Waals surface area (Å²) < 4.78 is 27.4. The first-order valence-electron chi connectivity index (χ1n) is 9.13. The quantitative estimate of drug-likeness (QED) is 0.854. The average Bonchev–Trinajstić information content (AvgIpc) is 2.83. The molecule has 0 fully saturated rings. The monoisotopic (exact) mass is 346 g/mol. The van der Waals surface area contributed by atoms with Gasteiger partial charge in [0.15, 0.2) is 0 Å². The van der Waals surface area contributed by atoms with Gasteiger partial charge in [-0.15, -0.1) is 0 Å². The van der Waals surface area contributed by atoms with E-state index in [2.05, 4.69) is 29.7 Å². The van der Waals surface area contributed by atoms with Gasteiger partial charge in [0, 0.05) is 38.3 Å². The van der Waals surface area contributed by atoms with Crippen molar-refractivity contribution in [1.82, 2.24) is 14.5 Å². The largest absolute Gasteiger partial charge is 0.327 e. The van der Waals surface area contributed by atoms with E-state index in [0.29, 0.717) is 19.0 Å². The van der Waals surface area contributed by atoms with E-state index in [4.69, 9.17) is 9.98 Å². The zero-order chi connectivity index (χ0) is 17.4. The van der Waals surface area contributed by atoms with Crippen LogP contribution in [0.25, 0.3) is 11.0 Å². The van der Waals surface area contributed by atoms with Crippen LogP contribution in [0.1, 0.15) is 31.2 Å². The number of fused-ring (bicyclic) bond motifs is 3. The first-order valence-corrected chi connectivity index (χ1v) is 9.13. The Balaban J connectivity index is 1.59. The summed E-state index contributed by atoms with van der Waals surface area (Å²) in [4.78, 5) is 11.3. The average molecular weight is 346 g/mol. The number of alkyl halides is 2. The lowest BCUT2D eigenvalue weighted by Crippen LogP contribution is -2.31. The lowest BCUT2D eigenvalue weighted by atomic mass is 9.96. The van der Waals surface area contributed by atoms with Gasteiger partial charge in [0.2, 0.25) is 0 Å². The standard InChI is InChI=1S/C19H24F2N4/c1-13-2-4-15(22-11-13)14-3-5-17-16(10-14)23-19-6-7-24(12-18(20)21)8-9-25(17)19/h3,5,10,13,18H,2,4,6-9,11-12H2,1H3/t13-/m0/s1. The lowest BCUT2D eigenvalue weighted by molar-refractivity contribution is 0.0893. The Labute approximate surface area is 146 Å². The van der Waals surface area contributed by atoms with Gasteiger partial charge in [-0.05, 0) is 36.5 Å². The Morgan fingerprint density at radius 3 is 2.84 bits per heavy atom. The van der Waals surface area contributed by atoms with Crippen molar-refractivity contribution in [1.29, 1.82) is 0 Å². The van der Waals surface area contributed by atoms with E-state index in [0.717, 1.165) is 42.8 Å². The van der Waals surface area contributed by atoms with Crippen LogP contribution in [0.3, 0.4) is 0 Å². The Bertz CT molecular complexity index is 796. The number of aromatic nitrogens is 2. The fraction of sp³-hybridized carbons (Fsp3) is 0.579. The van der Waals surface area contributed by atoms with Crippen molar-refractivity contribution in [2.75, 3.05) is 26.2 Å². The minimum Gasteiger partial charge on any atom is -0.327 e. The highest BCUT2D eigenvalue weighted by atomic mass is 19.3. The van der Waals surface area contributed by atoms with Crippen molar-refractivity contribution in [3.05, 3.63) is 29.6 Å². The van der Waals surface area contributed by atoms with Gasteiger partial charge in [-0.2, -0.15) is 0 Å². The highest BCUT2D eigenvalue weighted by Gasteiger charge is 2.20. The molecule has 0 saturated heterocycles. The molecular formula is C19H24F2N4. The fourth-order valence-corrected chi connectivity index (χ4v) is 3.84. The highest BCUT2D eigenvalue weighted by Crippen LogP contribution is 2.24. The minimum atomic E-state index is -2.27. The Morgan fingerprint density at radius 1 is 1.20 bits per heavy atom. The third-order valence-corrected chi connectivity index (χ3v) is 5.32.